The van der Waals surface area contributed by atoms with Crippen LogP contribution in [0.2, 0.25) is 0 Å². The van der Waals surface area contributed by atoms with Crippen LogP contribution in [-0.4, -0.2) is 24.3 Å². The van der Waals surface area contributed by atoms with Gasteiger partial charge in [-0.25, -0.2) is 9.79 Å². The van der Waals surface area contributed by atoms with Gasteiger partial charge in [-0.3, -0.25) is 9.36 Å². The number of methoxy groups -OCH3 is 1. The molecule has 0 amide bonds. The van der Waals surface area contributed by atoms with Gasteiger partial charge in [0.25, 0.3) is 5.56 Å². The molecule has 0 N–H and O–H groups in total. The fraction of sp³-hybridized carbons (Fsp3) is 0.148. The summed E-state index contributed by atoms with van der Waals surface area (Å²) in [4.78, 5) is 32.5. The Bertz CT molecular complexity index is 1560. The Labute approximate surface area is 209 Å². The zero-order valence-electron chi connectivity index (χ0n) is 19.1. The second-order valence-corrected chi connectivity index (χ2v) is 9.55. The zero-order valence-corrected chi connectivity index (χ0v) is 20.8. The van der Waals surface area contributed by atoms with Crippen LogP contribution < -0.4 is 19.6 Å². The van der Waals surface area contributed by atoms with Gasteiger partial charge >= 0.3 is 5.97 Å². The first kappa shape index (κ1) is 23.0. The fourth-order valence-electron chi connectivity index (χ4n) is 4.05. The van der Waals surface area contributed by atoms with Gasteiger partial charge in [-0.05, 0) is 53.1 Å². The Morgan fingerprint density at radius 2 is 1.89 bits per heavy atom. The summed E-state index contributed by atoms with van der Waals surface area (Å²) in [5.74, 6) is 0.187. The Morgan fingerprint density at radius 3 is 2.54 bits per heavy atom. The maximum atomic E-state index is 13.7. The Hall–Kier alpha value is -3.75. The highest BCUT2D eigenvalue weighted by molar-refractivity contribution is 7.08. The molecule has 2 aromatic carbocycles. The van der Waals surface area contributed by atoms with Gasteiger partial charge < -0.3 is 9.47 Å². The third-order valence-electron chi connectivity index (χ3n) is 5.65. The molecule has 0 saturated heterocycles. The quantitative estimate of drug-likeness (QED) is 0.374. The third-order valence-corrected chi connectivity index (χ3v) is 7.33. The largest absolute Gasteiger partial charge is 0.497 e. The van der Waals surface area contributed by atoms with Crippen molar-refractivity contribution < 1.29 is 14.3 Å². The lowest BCUT2D eigenvalue weighted by Gasteiger charge is -2.26. The molecular weight excluding hydrogens is 480 g/mol. The molecule has 1 aliphatic rings. The van der Waals surface area contributed by atoms with Gasteiger partial charge in [0, 0.05) is 5.56 Å². The van der Waals surface area contributed by atoms with Crippen LogP contribution in [0.4, 0.5) is 0 Å². The van der Waals surface area contributed by atoms with E-state index in [1.165, 1.54) is 11.3 Å². The van der Waals surface area contributed by atoms with Crippen LogP contribution in [0.1, 0.15) is 29.7 Å². The number of fused-ring (bicyclic) bond motifs is 1. The summed E-state index contributed by atoms with van der Waals surface area (Å²) in [7, 11) is 1.60. The van der Waals surface area contributed by atoms with E-state index in [1.54, 1.807) is 29.9 Å². The van der Waals surface area contributed by atoms with E-state index in [9.17, 15) is 9.59 Å². The first-order valence-corrected chi connectivity index (χ1v) is 12.8. The minimum absolute atomic E-state index is 0.199. The summed E-state index contributed by atoms with van der Waals surface area (Å²) in [6.07, 6.45) is 1.86. The molecule has 0 radical (unpaired) electrons. The average molecular weight is 503 g/mol. The fourth-order valence-corrected chi connectivity index (χ4v) is 5.67. The highest BCUT2D eigenvalue weighted by Gasteiger charge is 2.35. The normalized spacial score (nSPS) is 15.5. The molecule has 176 valence electrons. The van der Waals surface area contributed by atoms with Crippen molar-refractivity contribution in [2.75, 3.05) is 13.7 Å². The summed E-state index contributed by atoms with van der Waals surface area (Å²) in [6, 6.07) is 18.2. The second kappa shape index (κ2) is 9.85. The van der Waals surface area contributed by atoms with Crippen molar-refractivity contribution in [3.8, 4) is 5.75 Å². The summed E-state index contributed by atoms with van der Waals surface area (Å²) in [6.45, 7) is 1.97. The van der Waals surface area contributed by atoms with Crippen LogP contribution in [-0.2, 0) is 9.53 Å². The van der Waals surface area contributed by atoms with Crippen molar-refractivity contribution in [1.29, 1.82) is 0 Å². The van der Waals surface area contributed by atoms with Crippen molar-refractivity contribution in [1.82, 2.24) is 4.57 Å². The second-order valence-electron chi connectivity index (χ2n) is 7.76. The lowest BCUT2D eigenvalue weighted by atomic mass is 9.93. The van der Waals surface area contributed by atoms with Gasteiger partial charge in [0.15, 0.2) is 4.80 Å². The molecule has 5 rings (SSSR count). The molecule has 0 bridgehead atoms. The first-order chi connectivity index (χ1) is 17.1. The number of rotatable bonds is 6. The number of benzene rings is 2. The molecule has 2 aromatic heterocycles. The Kier molecular flexibility index (Phi) is 6.48. The van der Waals surface area contributed by atoms with E-state index in [0.717, 1.165) is 16.7 Å². The Morgan fingerprint density at radius 1 is 1.11 bits per heavy atom. The minimum Gasteiger partial charge on any atom is -0.497 e. The van der Waals surface area contributed by atoms with E-state index in [0.29, 0.717) is 26.4 Å². The van der Waals surface area contributed by atoms with Crippen LogP contribution in [0.25, 0.3) is 11.8 Å². The number of carbonyl (C=O) groups excluding carboxylic acids is 1. The molecule has 0 fully saturated rings. The predicted molar refractivity (Wildman–Crippen MR) is 138 cm³/mol. The third kappa shape index (κ3) is 4.38. The van der Waals surface area contributed by atoms with Crippen LogP contribution in [0.15, 0.2) is 86.8 Å². The molecule has 0 aliphatic carbocycles. The van der Waals surface area contributed by atoms with Crippen LogP contribution in [0.3, 0.4) is 0 Å². The number of thiophene rings is 1. The van der Waals surface area contributed by atoms with Gasteiger partial charge in [0.2, 0.25) is 0 Å². The van der Waals surface area contributed by atoms with E-state index < -0.39 is 12.0 Å². The molecule has 6 nitrogen and oxygen atoms in total. The Balaban J connectivity index is 1.83. The molecule has 1 atom stereocenters. The number of ether oxygens (including phenoxy) is 2. The summed E-state index contributed by atoms with van der Waals surface area (Å²) in [5.41, 5.74) is 3.14. The van der Waals surface area contributed by atoms with Crippen molar-refractivity contribution in [3.63, 3.8) is 0 Å². The molecule has 35 heavy (non-hydrogen) atoms. The number of carbonyl (C=O) groups is 1. The molecule has 0 unspecified atom stereocenters. The highest BCUT2D eigenvalue weighted by Crippen LogP contribution is 2.35. The molecule has 0 saturated carbocycles. The van der Waals surface area contributed by atoms with Gasteiger partial charge in [0.1, 0.15) is 5.75 Å². The van der Waals surface area contributed by atoms with Crippen molar-refractivity contribution >= 4 is 40.4 Å². The van der Waals surface area contributed by atoms with E-state index in [2.05, 4.69) is 0 Å². The van der Waals surface area contributed by atoms with Crippen LogP contribution in [0, 0.1) is 0 Å². The number of aromatic nitrogens is 1. The van der Waals surface area contributed by atoms with E-state index in [4.69, 9.17) is 14.5 Å². The molecular formula is C27H22N2O4S2. The standard InChI is InChI=1S/C27H22N2O4S2/c1-3-33-26(31)22-23(18-7-5-4-6-8-18)28-27-29(24(22)19-9-11-20(32-2)12-10-19)25(30)21(35-27)15-17-13-14-34-16-17/h4-16,24H,3H2,1-2H3/b21-15-/t24-/m0/s1. The topological polar surface area (TPSA) is 69.9 Å². The van der Waals surface area contributed by atoms with E-state index >= 15 is 0 Å². The molecule has 1 aliphatic heterocycles. The van der Waals surface area contributed by atoms with Gasteiger partial charge in [-0.1, -0.05) is 53.8 Å². The number of esters is 1. The van der Waals surface area contributed by atoms with Crippen molar-refractivity contribution in [2.45, 2.75) is 13.0 Å². The van der Waals surface area contributed by atoms with Crippen molar-refractivity contribution in [2.24, 2.45) is 4.99 Å². The molecule has 3 heterocycles. The number of hydrogen-bond donors (Lipinski definition) is 0. The highest BCUT2D eigenvalue weighted by atomic mass is 32.1. The molecule has 8 heteroatoms. The number of hydrogen-bond acceptors (Lipinski definition) is 7. The lowest BCUT2D eigenvalue weighted by Crippen LogP contribution is -2.40. The summed E-state index contributed by atoms with van der Waals surface area (Å²) >= 11 is 2.88. The number of thiazole rings is 1. The zero-order chi connectivity index (χ0) is 24.4. The molecule has 4 aromatic rings. The van der Waals surface area contributed by atoms with Crippen LogP contribution in [0.5, 0.6) is 5.75 Å². The monoisotopic (exact) mass is 502 g/mol. The summed E-state index contributed by atoms with van der Waals surface area (Å²) in [5, 5.41) is 3.95. The first-order valence-electron chi connectivity index (χ1n) is 11.1. The van der Waals surface area contributed by atoms with Gasteiger partial charge in [-0.2, -0.15) is 11.3 Å². The lowest BCUT2D eigenvalue weighted by molar-refractivity contribution is -0.138. The predicted octanol–water partition coefficient (Wildman–Crippen LogP) is 4.01. The maximum absolute atomic E-state index is 13.7. The smallest absolute Gasteiger partial charge is 0.338 e. The van der Waals surface area contributed by atoms with E-state index in [1.807, 2.05) is 77.5 Å². The van der Waals surface area contributed by atoms with Crippen molar-refractivity contribution in [3.05, 3.63) is 113 Å². The SMILES string of the molecule is CCOC(=O)C1=C(c2ccccc2)N=c2s/c(=C\c3ccsc3)c(=O)n2[C@H]1c1ccc(OC)cc1. The average Bonchev–Trinajstić information content (AvgIpc) is 3.51. The maximum Gasteiger partial charge on any atom is 0.338 e. The minimum atomic E-state index is -0.698. The van der Waals surface area contributed by atoms with E-state index in [-0.39, 0.29) is 12.2 Å². The summed E-state index contributed by atoms with van der Waals surface area (Å²) < 4.78 is 13.0. The van der Waals surface area contributed by atoms with Gasteiger partial charge in [-0.15, -0.1) is 0 Å². The number of nitrogens with zero attached hydrogens (tertiary/aromatic N) is 2. The van der Waals surface area contributed by atoms with Crippen LogP contribution >= 0.6 is 22.7 Å². The molecule has 0 spiro atoms. The van der Waals surface area contributed by atoms with Gasteiger partial charge in [0.05, 0.1) is 35.6 Å².